The van der Waals surface area contributed by atoms with Crippen molar-refractivity contribution in [1.29, 1.82) is 0 Å². The van der Waals surface area contributed by atoms with E-state index in [1.54, 1.807) is 24.3 Å². The van der Waals surface area contributed by atoms with Crippen LogP contribution in [0.2, 0.25) is 0 Å². The Labute approximate surface area is 216 Å². The molecule has 0 aliphatic rings. The molecule has 8 nitrogen and oxygen atoms in total. The summed E-state index contributed by atoms with van der Waals surface area (Å²) in [4.78, 5) is 33.7. The third kappa shape index (κ3) is 5.77. The number of aliphatic hydroxyl groups excluding tert-OH is 1. The number of hydrogen-bond donors (Lipinski definition) is 2. The van der Waals surface area contributed by atoms with E-state index in [0.29, 0.717) is 53.0 Å². The number of anilines is 1. The summed E-state index contributed by atoms with van der Waals surface area (Å²) in [5, 5.41) is 11.4. The zero-order chi connectivity index (χ0) is 26.2. The van der Waals surface area contributed by atoms with Gasteiger partial charge in [-0.25, -0.2) is 9.78 Å². The molecule has 0 saturated carbocycles. The maximum atomic E-state index is 14.0. The van der Waals surface area contributed by atoms with Crippen LogP contribution in [0, 0.1) is 0 Å². The molecule has 1 aromatic heterocycles. The quantitative estimate of drug-likeness (QED) is 0.344. The van der Waals surface area contributed by atoms with Crippen molar-refractivity contribution in [2.45, 2.75) is 13.5 Å². The maximum absolute atomic E-state index is 14.0. The molecule has 0 aliphatic carbocycles. The fraction of sp³-hybridized carbons (Fsp3) is 0.207. The molecule has 2 amide bonds. The van der Waals surface area contributed by atoms with Crippen LogP contribution in [-0.2, 0) is 11.3 Å². The number of aliphatic hydroxyl groups is 1. The number of benzene rings is 3. The molecule has 2 N–H and O–H groups in total. The number of likely N-dealkylation sites (N-methyl/N-ethyl adjacent to an activating group) is 1. The molecule has 0 atom stereocenters. The molecular weight excluding hydrogens is 468 g/mol. The summed E-state index contributed by atoms with van der Waals surface area (Å²) in [7, 11) is 1.26. The third-order valence-electron chi connectivity index (χ3n) is 6.10. The Kier molecular flexibility index (Phi) is 8.45. The van der Waals surface area contributed by atoms with Crippen molar-refractivity contribution in [1.82, 2.24) is 15.3 Å². The number of amides is 2. The van der Waals surface area contributed by atoms with Gasteiger partial charge < -0.3 is 9.84 Å². The van der Waals surface area contributed by atoms with Crippen LogP contribution in [0.15, 0.2) is 84.9 Å². The Balaban J connectivity index is 1.91. The second-order valence-electron chi connectivity index (χ2n) is 8.37. The number of nitrogens with one attached hydrogen (secondary N) is 1. The molecule has 0 aliphatic heterocycles. The maximum Gasteiger partial charge on any atom is 0.433 e. The summed E-state index contributed by atoms with van der Waals surface area (Å²) in [6.45, 7) is 3.48. The van der Waals surface area contributed by atoms with Gasteiger partial charge in [0.15, 0.2) is 0 Å². The number of ether oxygens (including phenoxy) is 1. The lowest BCUT2D eigenvalue weighted by Gasteiger charge is -2.26. The monoisotopic (exact) mass is 498 g/mol. The predicted molar refractivity (Wildman–Crippen MR) is 144 cm³/mol. The Bertz CT molecular complexity index is 1360. The van der Waals surface area contributed by atoms with Gasteiger partial charge in [-0.3, -0.25) is 15.1 Å². The van der Waals surface area contributed by atoms with Gasteiger partial charge in [-0.15, -0.1) is 0 Å². The molecule has 4 rings (SSSR count). The van der Waals surface area contributed by atoms with E-state index in [0.717, 1.165) is 10.6 Å². The van der Waals surface area contributed by atoms with Gasteiger partial charge in [0.2, 0.25) is 0 Å². The highest BCUT2D eigenvalue weighted by Gasteiger charge is 2.26. The number of nitrogens with zero attached hydrogens (tertiary/aromatic N) is 3. The van der Waals surface area contributed by atoms with Crippen LogP contribution >= 0.6 is 0 Å². The van der Waals surface area contributed by atoms with Crippen molar-refractivity contribution >= 4 is 28.6 Å². The molecule has 0 radical (unpaired) electrons. The van der Waals surface area contributed by atoms with Gasteiger partial charge in [0.25, 0.3) is 5.91 Å². The number of rotatable bonds is 8. The van der Waals surface area contributed by atoms with Gasteiger partial charge in [0.1, 0.15) is 0 Å². The Morgan fingerprint density at radius 2 is 1.59 bits per heavy atom. The van der Waals surface area contributed by atoms with E-state index < -0.39 is 12.0 Å². The van der Waals surface area contributed by atoms with Gasteiger partial charge in [0.05, 0.1) is 36.2 Å². The zero-order valence-electron chi connectivity index (χ0n) is 20.9. The van der Waals surface area contributed by atoms with Gasteiger partial charge in [-0.05, 0) is 24.7 Å². The lowest BCUT2D eigenvalue weighted by molar-refractivity contribution is 0.0940. The SMILES string of the molecule is CCN(CCO)Cc1c(-c2ccccc2)nc2ccccc2c1C(=O)NN(C(=O)OC)c1ccccc1. The summed E-state index contributed by atoms with van der Waals surface area (Å²) >= 11 is 0. The summed E-state index contributed by atoms with van der Waals surface area (Å²) in [5.74, 6) is -0.472. The van der Waals surface area contributed by atoms with Crippen LogP contribution in [0.25, 0.3) is 22.2 Å². The fourth-order valence-corrected chi connectivity index (χ4v) is 4.25. The topological polar surface area (TPSA) is 95.0 Å². The van der Waals surface area contributed by atoms with Crippen molar-refractivity contribution in [3.63, 3.8) is 0 Å². The average molecular weight is 499 g/mol. The van der Waals surface area contributed by atoms with Crippen LogP contribution in [-0.4, -0.2) is 53.8 Å². The summed E-state index contributed by atoms with van der Waals surface area (Å²) in [6, 6.07) is 25.9. The van der Waals surface area contributed by atoms with Crippen LogP contribution < -0.4 is 10.4 Å². The highest BCUT2D eigenvalue weighted by Crippen LogP contribution is 2.31. The Hall–Kier alpha value is -4.27. The van der Waals surface area contributed by atoms with Gasteiger partial charge >= 0.3 is 6.09 Å². The largest absolute Gasteiger partial charge is 0.451 e. The predicted octanol–water partition coefficient (Wildman–Crippen LogP) is 4.63. The number of hydrazine groups is 1. The van der Waals surface area contributed by atoms with Crippen LogP contribution in [0.5, 0.6) is 0 Å². The summed E-state index contributed by atoms with van der Waals surface area (Å²) in [6.07, 6.45) is -0.724. The van der Waals surface area contributed by atoms with E-state index in [9.17, 15) is 14.7 Å². The van der Waals surface area contributed by atoms with Crippen molar-refractivity contribution in [3.05, 3.63) is 96.1 Å². The minimum Gasteiger partial charge on any atom is -0.451 e. The molecule has 3 aromatic carbocycles. The van der Waals surface area contributed by atoms with E-state index >= 15 is 0 Å². The zero-order valence-corrected chi connectivity index (χ0v) is 20.9. The third-order valence-corrected chi connectivity index (χ3v) is 6.10. The van der Waals surface area contributed by atoms with Crippen molar-refractivity contribution in [2.75, 3.05) is 31.8 Å². The number of para-hydroxylation sites is 2. The van der Waals surface area contributed by atoms with Gasteiger partial charge in [0, 0.05) is 29.6 Å². The van der Waals surface area contributed by atoms with Gasteiger partial charge in [-0.1, -0.05) is 73.7 Å². The van der Waals surface area contributed by atoms with Crippen LogP contribution in [0.3, 0.4) is 0 Å². The number of carbonyl (C=O) groups excluding carboxylic acids is 2. The second-order valence-corrected chi connectivity index (χ2v) is 8.37. The molecule has 0 fully saturated rings. The number of pyridine rings is 1. The molecular formula is C29H30N4O4. The number of methoxy groups -OCH3 is 1. The Morgan fingerprint density at radius 3 is 2.24 bits per heavy atom. The molecule has 0 bridgehead atoms. The first-order valence-corrected chi connectivity index (χ1v) is 12.1. The van der Waals surface area contributed by atoms with E-state index in [2.05, 4.69) is 5.43 Å². The van der Waals surface area contributed by atoms with E-state index in [1.807, 2.05) is 72.5 Å². The highest BCUT2D eigenvalue weighted by atomic mass is 16.5. The number of carbonyl (C=O) groups is 2. The molecule has 0 saturated heterocycles. The van der Waals surface area contributed by atoms with Gasteiger partial charge in [-0.2, -0.15) is 5.01 Å². The molecule has 37 heavy (non-hydrogen) atoms. The normalized spacial score (nSPS) is 10.9. The molecule has 0 unspecified atom stereocenters. The fourth-order valence-electron chi connectivity index (χ4n) is 4.25. The van der Waals surface area contributed by atoms with Crippen molar-refractivity contribution in [3.8, 4) is 11.3 Å². The first-order chi connectivity index (χ1) is 18.1. The first kappa shape index (κ1) is 25.8. The van der Waals surface area contributed by atoms with Crippen LogP contribution in [0.4, 0.5) is 10.5 Å². The van der Waals surface area contributed by atoms with E-state index in [4.69, 9.17) is 9.72 Å². The summed E-state index contributed by atoms with van der Waals surface area (Å²) < 4.78 is 4.95. The molecule has 8 heteroatoms. The number of hydrogen-bond acceptors (Lipinski definition) is 6. The van der Waals surface area contributed by atoms with Crippen molar-refractivity contribution < 1.29 is 19.4 Å². The minimum atomic E-state index is -0.724. The Morgan fingerprint density at radius 1 is 0.946 bits per heavy atom. The first-order valence-electron chi connectivity index (χ1n) is 12.1. The van der Waals surface area contributed by atoms with E-state index in [-0.39, 0.29) is 6.61 Å². The van der Waals surface area contributed by atoms with Crippen molar-refractivity contribution in [2.24, 2.45) is 0 Å². The molecule has 0 spiro atoms. The molecule has 190 valence electrons. The lowest BCUT2D eigenvalue weighted by atomic mass is 9.95. The summed E-state index contributed by atoms with van der Waals surface area (Å²) in [5.41, 5.74) is 6.53. The van der Waals surface area contributed by atoms with E-state index in [1.165, 1.54) is 7.11 Å². The standard InChI is InChI=1S/C29H30N4O4/c1-3-32(18-19-34)20-24-26(28(35)31-33(29(36)37-2)22-14-8-5-9-15-22)23-16-10-11-17-25(23)30-27(24)21-12-6-4-7-13-21/h4-17,34H,3,18-20H2,1-2H3,(H,31,35). The molecule has 1 heterocycles. The molecule has 4 aromatic rings. The average Bonchev–Trinajstić information content (AvgIpc) is 2.95. The highest BCUT2D eigenvalue weighted by molar-refractivity contribution is 6.10. The van der Waals surface area contributed by atoms with Crippen LogP contribution in [0.1, 0.15) is 22.8 Å². The minimum absolute atomic E-state index is 0.0127. The lowest BCUT2D eigenvalue weighted by Crippen LogP contribution is -2.47. The smallest absolute Gasteiger partial charge is 0.433 e. The number of aromatic nitrogens is 1. The number of fused-ring (bicyclic) bond motifs is 1. The second kappa shape index (κ2) is 12.1.